The summed E-state index contributed by atoms with van der Waals surface area (Å²) in [6.07, 6.45) is 5.39. The largest absolute Gasteiger partial charge is 0.109 e. The standard InChI is InChI=1S/C16H32P5/c1-9-20-14-16(15(2)3)10-11-17(4)12-13-21(7,8)19(6)18(20)5/h10-11,15-16H,9,14H2,1-8H3/q+1. The minimum atomic E-state index is -1.02. The first kappa shape index (κ1) is 20.5. The van der Waals surface area contributed by atoms with Gasteiger partial charge in [0.05, 0.1) is 26.3 Å². The van der Waals surface area contributed by atoms with E-state index in [1.165, 1.54) is 12.3 Å². The second kappa shape index (κ2) is 9.07. The number of rotatable bonds is 2. The highest BCUT2D eigenvalue weighted by Gasteiger charge is 2.39. The molecule has 5 heteroatoms. The molecule has 0 amide bonds. The molecule has 1 aliphatic heterocycles. The Bertz CT molecular complexity index is 418. The molecule has 0 spiro atoms. The molecule has 0 aromatic carbocycles. The molecule has 0 radical (unpaired) electrons. The Morgan fingerprint density at radius 2 is 1.86 bits per heavy atom. The molecule has 5 atom stereocenters. The fourth-order valence-electron chi connectivity index (χ4n) is 2.25. The molecule has 1 heterocycles. The van der Waals surface area contributed by atoms with Gasteiger partial charge < -0.3 is 0 Å². The predicted molar refractivity (Wildman–Crippen MR) is 115 cm³/mol. The van der Waals surface area contributed by atoms with Crippen molar-refractivity contribution in [1.82, 2.24) is 0 Å². The van der Waals surface area contributed by atoms with Crippen LogP contribution >= 0.6 is 37.1 Å². The first-order valence-corrected chi connectivity index (χ1v) is 19.6. The van der Waals surface area contributed by atoms with Crippen LogP contribution in [-0.4, -0.2) is 45.6 Å². The van der Waals surface area contributed by atoms with Gasteiger partial charge in [0.15, 0.2) is 0 Å². The van der Waals surface area contributed by atoms with Gasteiger partial charge in [-0.3, -0.25) is 0 Å². The minimum absolute atomic E-state index is 0.131. The highest BCUT2D eigenvalue weighted by atomic mass is 32.7. The number of hydrogen-bond acceptors (Lipinski definition) is 0. The third-order valence-corrected chi connectivity index (χ3v) is 34.2. The van der Waals surface area contributed by atoms with Gasteiger partial charge >= 0.3 is 0 Å². The van der Waals surface area contributed by atoms with Crippen molar-refractivity contribution in [1.29, 1.82) is 0 Å². The summed E-state index contributed by atoms with van der Waals surface area (Å²) in [5.74, 6) is 3.98. The molecule has 0 aromatic rings. The van der Waals surface area contributed by atoms with Crippen molar-refractivity contribution >= 4 is 37.1 Å². The zero-order chi connectivity index (χ0) is 16.2. The van der Waals surface area contributed by atoms with E-state index >= 15 is 0 Å². The van der Waals surface area contributed by atoms with Crippen LogP contribution in [0.2, 0.25) is 0 Å². The van der Waals surface area contributed by atoms with Gasteiger partial charge in [-0.15, -0.1) is 0 Å². The molecule has 0 nitrogen and oxygen atoms in total. The van der Waals surface area contributed by atoms with E-state index in [2.05, 4.69) is 77.3 Å². The Balaban J connectivity index is 3.17. The van der Waals surface area contributed by atoms with Crippen LogP contribution in [0.4, 0.5) is 0 Å². The van der Waals surface area contributed by atoms with E-state index < -0.39 is 6.95 Å². The monoisotopic (exact) mass is 379 g/mol. The zero-order valence-electron chi connectivity index (χ0n) is 15.0. The Hall–Kier alpha value is 1.45. The Kier molecular flexibility index (Phi) is 8.85. The second-order valence-corrected chi connectivity index (χ2v) is 29.0. The molecule has 0 aliphatic carbocycles. The number of allylic oxidation sites excluding steroid dienone is 1. The summed E-state index contributed by atoms with van der Waals surface area (Å²) in [5, 5.41) is 0. The van der Waals surface area contributed by atoms with Crippen LogP contribution in [0, 0.1) is 23.2 Å². The van der Waals surface area contributed by atoms with E-state index in [1.54, 1.807) is 0 Å². The molecule has 21 heavy (non-hydrogen) atoms. The van der Waals surface area contributed by atoms with E-state index in [1.807, 2.05) is 0 Å². The van der Waals surface area contributed by atoms with Crippen LogP contribution in [0.3, 0.4) is 0 Å². The molecule has 0 saturated carbocycles. The van der Waals surface area contributed by atoms with Gasteiger partial charge in [-0.2, -0.15) is 0 Å². The van der Waals surface area contributed by atoms with Crippen molar-refractivity contribution < 1.29 is 0 Å². The van der Waals surface area contributed by atoms with Gasteiger partial charge in [-0.25, -0.2) is 0 Å². The first-order chi connectivity index (χ1) is 9.69. The Labute approximate surface area is 138 Å². The summed E-state index contributed by atoms with van der Waals surface area (Å²) in [5.41, 5.74) is 7.39. The lowest BCUT2D eigenvalue weighted by Gasteiger charge is -2.33. The molecule has 5 unspecified atom stereocenters. The minimum Gasteiger partial charge on any atom is -0.0794 e. The lowest BCUT2D eigenvalue weighted by molar-refractivity contribution is 0.510. The van der Waals surface area contributed by atoms with Crippen LogP contribution in [0.15, 0.2) is 11.9 Å². The Morgan fingerprint density at radius 3 is 2.38 bits per heavy atom. The van der Waals surface area contributed by atoms with Gasteiger partial charge in [0.1, 0.15) is 6.95 Å². The molecule has 1 rings (SSSR count). The normalized spacial score (nSPS) is 36.7. The molecule has 1 aliphatic rings. The fourth-order valence-corrected chi connectivity index (χ4v) is 33.7. The van der Waals surface area contributed by atoms with E-state index in [0.717, 1.165) is 11.8 Å². The third-order valence-electron chi connectivity index (χ3n) is 4.25. The summed E-state index contributed by atoms with van der Waals surface area (Å²) in [4.78, 5) is 0. The van der Waals surface area contributed by atoms with Gasteiger partial charge in [0.25, 0.3) is 0 Å². The summed E-state index contributed by atoms with van der Waals surface area (Å²) < 4.78 is 0. The average molecular weight is 379 g/mol. The van der Waals surface area contributed by atoms with Crippen molar-refractivity contribution in [2.45, 2.75) is 20.8 Å². The summed E-state index contributed by atoms with van der Waals surface area (Å²) in [7, 11) is 0.310. The smallest absolute Gasteiger partial charge is 0.0794 e. The maximum absolute atomic E-state index is 3.77. The summed E-state index contributed by atoms with van der Waals surface area (Å²) in [6, 6.07) is 0. The van der Waals surface area contributed by atoms with Gasteiger partial charge in [-0.1, -0.05) is 40.3 Å². The Morgan fingerprint density at radius 1 is 1.24 bits per heavy atom. The van der Waals surface area contributed by atoms with Crippen molar-refractivity contribution in [3.8, 4) is 11.3 Å². The van der Waals surface area contributed by atoms with Crippen LogP contribution in [0.25, 0.3) is 0 Å². The lowest BCUT2D eigenvalue weighted by Crippen LogP contribution is -2.10. The van der Waals surface area contributed by atoms with Crippen LogP contribution in [0.1, 0.15) is 20.8 Å². The van der Waals surface area contributed by atoms with Crippen LogP contribution in [-0.2, 0) is 0 Å². The maximum atomic E-state index is 3.77. The van der Waals surface area contributed by atoms with E-state index in [9.17, 15) is 0 Å². The molecular formula is C16H32P5+. The van der Waals surface area contributed by atoms with E-state index in [-0.39, 0.29) is 30.1 Å². The SMILES string of the molecule is CCP1CC(C(C)C)C=CP(C)C#C[P+](C)(C)P(C)P1C. The second-order valence-electron chi connectivity index (χ2n) is 6.46. The quantitative estimate of drug-likeness (QED) is 0.343. The lowest BCUT2D eigenvalue weighted by atomic mass is 9.98. The van der Waals surface area contributed by atoms with E-state index in [0.29, 0.717) is 0 Å². The molecule has 0 N–H and O–H groups in total. The number of hydrogen-bond donors (Lipinski definition) is 0. The van der Waals surface area contributed by atoms with Gasteiger partial charge in [-0.05, 0) is 65.0 Å². The highest BCUT2D eigenvalue weighted by Crippen LogP contribution is 2.98. The fraction of sp³-hybridized carbons (Fsp3) is 0.750. The summed E-state index contributed by atoms with van der Waals surface area (Å²) in [6.45, 7) is 18.7. The van der Waals surface area contributed by atoms with Crippen molar-refractivity contribution in [2.75, 3.05) is 45.6 Å². The summed E-state index contributed by atoms with van der Waals surface area (Å²) >= 11 is 0. The van der Waals surface area contributed by atoms with Crippen molar-refractivity contribution in [2.24, 2.45) is 11.8 Å². The van der Waals surface area contributed by atoms with Gasteiger partial charge in [0.2, 0.25) is 0 Å². The highest BCUT2D eigenvalue weighted by molar-refractivity contribution is 8.79. The van der Waals surface area contributed by atoms with Crippen molar-refractivity contribution in [3.63, 3.8) is 0 Å². The third kappa shape index (κ3) is 6.11. The molecule has 0 aromatic heterocycles. The van der Waals surface area contributed by atoms with E-state index in [4.69, 9.17) is 0 Å². The maximum Gasteiger partial charge on any atom is 0.109 e. The van der Waals surface area contributed by atoms with Crippen LogP contribution in [0.5, 0.6) is 0 Å². The predicted octanol–water partition coefficient (Wildman–Crippen LogP) is 7.56. The zero-order valence-corrected chi connectivity index (χ0v) is 19.4. The molecular weight excluding hydrogens is 347 g/mol. The molecule has 0 fully saturated rings. The average Bonchev–Trinajstić information content (AvgIpc) is 2.43. The molecule has 120 valence electrons. The molecule has 0 bridgehead atoms. The van der Waals surface area contributed by atoms with Crippen molar-refractivity contribution in [3.05, 3.63) is 11.9 Å². The molecule has 0 saturated heterocycles. The van der Waals surface area contributed by atoms with Gasteiger partial charge in [0, 0.05) is 0 Å². The topological polar surface area (TPSA) is 0 Å². The first-order valence-electron chi connectivity index (χ1n) is 7.69. The van der Waals surface area contributed by atoms with Crippen LogP contribution < -0.4 is 0 Å².